The second-order valence-corrected chi connectivity index (χ2v) is 8.41. The predicted octanol–water partition coefficient (Wildman–Crippen LogP) is 1.71. The van der Waals surface area contributed by atoms with Crippen LogP contribution in [0.4, 0.5) is 0 Å². The van der Waals surface area contributed by atoms with Crippen LogP contribution in [0.15, 0.2) is 24.3 Å². The molecule has 0 unspecified atom stereocenters. The van der Waals surface area contributed by atoms with Gasteiger partial charge >= 0.3 is 0 Å². The van der Waals surface area contributed by atoms with Crippen LogP contribution in [-0.4, -0.2) is 38.5 Å². The molecular weight excluding hydrogens is 300 g/mol. The SMILES string of the molecule is C[C@H]1CCc2ccccc2[C@H]1NC(=O)CCS(=O)(=O)N(C)C. The average Bonchev–Trinajstić information content (AvgIpc) is 2.48. The zero-order chi connectivity index (χ0) is 16.3. The average molecular weight is 324 g/mol. The molecule has 1 aliphatic rings. The molecule has 0 radical (unpaired) electrons. The second kappa shape index (κ2) is 6.79. The molecule has 122 valence electrons. The van der Waals surface area contributed by atoms with Crippen molar-refractivity contribution in [3.8, 4) is 0 Å². The summed E-state index contributed by atoms with van der Waals surface area (Å²) in [6.45, 7) is 2.12. The molecule has 22 heavy (non-hydrogen) atoms. The van der Waals surface area contributed by atoms with Crippen LogP contribution in [-0.2, 0) is 21.2 Å². The van der Waals surface area contributed by atoms with Gasteiger partial charge in [-0.3, -0.25) is 4.79 Å². The number of rotatable bonds is 5. The van der Waals surface area contributed by atoms with E-state index >= 15 is 0 Å². The highest BCUT2D eigenvalue weighted by atomic mass is 32.2. The number of carbonyl (C=O) groups is 1. The molecule has 2 atom stereocenters. The van der Waals surface area contributed by atoms with Gasteiger partial charge in [-0.15, -0.1) is 0 Å². The molecule has 5 nitrogen and oxygen atoms in total. The maximum atomic E-state index is 12.1. The number of sulfonamides is 1. The number of hydrogen-bond acceptors (Lipinski definition) is 3. The molecule has 2 rings (SSSR count). The van der Waals surface area contributed by atoms with Crippen LogP contribution in [0, 0.1) is 5.92 Å². The summed E-state index contributed by atoms with van der Waals surface area (Å²) >= 11 is 0. The minimum atomic E-state index is -3.34. The van der Waals surface area contributed by atoms with Crippen molar-refractivity contribution < 1.29 is 13.2 Å². The Hall–Kier alpha value is -1.40. The zero-order valence-corrected chi connectivity index (χ0v) is 14.2. The fourth-order valence-electron chi connectivity index (χ4n) is 2.79. The first kappa shape index (κ1) is 17.0. The summed E-state index contributed by atoms with van der Waals surface area (Å²) in [4.78, 5) is 12.1. The molecule has 0 saturated heterocycles. The molecule has 1 aromatic rings. The molecule has 6 heteroatoms. The van der Waals surface area contributed by atoms with E-state index in [1.807, 2.05) is 18.2 Å². The van der Waals surface area contributed by atoms with E-state index in [9.17, 15) is 13.2 Å². The summed E-state index contributed by atoms with van der Waals surface area (Å²) in [5.74, 6) is -0.0162. The number of carbonyl (C=O) groups excluding carboxylic acids is 1. The number of benzene rings is 1. The summed E-state index contributed by atoms with van der Waals surface area (Å²) < 4.78 is 24.6. The highest BCUT2D eigenvalue weighted by Crippen LogP contribution is 2.34. The molecule has 0 bridgehead atoms. The first-order chi connectivity index (χ1) is 10.3. The van der Waals surface area contributed by atoms with Gasteiger partial charge in [0.15, 0.2) is 0 Å². The van der Waals surface area contributed by atoms with Gasteiger partial charge in [0.2, 0.25) is 15.9 Å². The van der Waals surface area contributed by atoms with Crippen molar-refractivity contribution in [2.24, 2.45) is 5.92 Å². The molecule has 1 aromatic carbocycles. The molecular formula is C16H24N2O3S. The van der Waals surface area contributed by atoms with Crippen molar-refractivity contribution in [3.05, 3.63) is 35.4 Å². The van der Waals surface area contributed by atoms with Gasteiger partial charge < -0.3 is 5.32 Å². The van der Waals surface area contributed by atoms with E-state index in [-0.39, 0.29) is 24.1 Å². The Morgan fingerprint density at radius 2 is 2.00 bits per heavy atom. The molecule has 0 aliphatic heterocycles. The molecule has 0 spiro atoms. The Morgan fingerprint density at radius 1 is 1.32 bits per heavy atom. The van der Waals surface area contributed by atoms with Crippen molar-refractivity contribution in [2.75, 3.05) is 19.8 Å². The standard InChI is InChI=1S/C16H24N2O3S/c1-12-8-9-13-6-4-5-7-14(13)16(12)17-15(19)10-11-22(20,21)18(2)3/h4-7,12,16H,8-11H2,1-3H3,(H,17,19)/t12-,16-/m0/s1. The smallest absolute Gasteiger partial charge is 0.221 e. The van der Waals surface area contributed by atoms with E-state index < -0.39 is 10.0 Å². The topological polar surface area (TPSA) is 66.5 Å². The summed E-state index contributed by atoms with van der Waals surface area (Å²) in [6, 6.07) is 8.10. The number of hydrogen-bond donors (Lipinski definition) is 1. The van der Waals surface area contributed by atoms with Crippen LogP contribution >= 0.6 is 0 Å². The first-order valence-electron chi connectivity index (χ1n) is 7.58. The number of aryl methyl sites for hydroxylation is 1. The lowest BCUT2D eigenvalue weighted by molar-refractivity contribution is -0.121. The van der Waals surface area contributed by atoms with Gasteiger partial charge in [0.05, 0.1) is 11.8 Å². The van der Waals surface area contributed by atoms with Crippen molar-refractivity contribution in [3.63, 3.8) is 0 Å². The Labute approximate surface area is 132 Å². The van der Waals surface area contributed by atoms with Gasteiger partial charge in [-0.05, 0) is 29.9 Å². The fourth-order valence-corrected chi connectivity index (χ4v) is 3.60. The van der Waals surface area contributed by atoms with E-state index in [1.54, 1.807) is 0 Å². The molecule has 0 heterocycles. The van der Waals surface area contributed by atoms with Gasteiger partial charge in [0.25, 0.3) is 0 Å². The minimum Gasteiger partial charge on any atom is -0.349 e. The fraction of sp³-hybridized carbons (Fsp3) is 0.562. The molecule has 0 fully saturated rings. The third-order valence-electron chi connectivity index (χ3n) is 4.29. The van der Waals surface area contributed by atoms with Crippen molar-refractivity contribution >= 4 is 15.9 Å². The van der Waals surface area contributed by atoms with Crippen LogP contribution in [0.5, 0.6) is 0 Å². The van der Waals surface area contributed by atoms with E-state index in [2.05, 4.69) is 18.3 Å². The zero-order valence-electron chi connectivity index (χ0n) is 13.4. The van der Waals surface area contributed by atoms with Crippen molar-refractivity contribution in [1.82, 2.24) is 9.62 Å². The van der Waals surface area contributed by atoms with E-state index in [0.717, 1.165) is 22.7 Å². The van der Waals surface area contributed by atoms with Gasteiger partial charge in [-0.2, -0.15) is 0 Å². The van der Waals surface area contributed by atoms with Crippen LogP contribution in [0.2, 0.25) is 0 Å². The van der Waals surface area contributed by atoms with Crippen molar-refractivity contribution in [2.45, 2.75) is 32.2 Å². The number of nitrogens with one attached hydrogen (secondary N) is 1. The summed E-state index contributed by atoms with van der Waals surface area (Å²) in [5.41, 5.74) is 2.43. The third kappa shape index (κ3) is 3.87. The Bertz CT molecular complexity index is 641. The largest absolute Gasteiger partial charge is 0.349 e. The Kier molecular flexibility index (Phi) is 5.24. The molecule has 0 aromatic heterocycles. The lowest BCUT2D eigenvalue weighted by Gasteiger charge is -2.32. The number of fused-ring (bicyclic) bond motifs is 1. The highest BCUT2D eigenvalue weighted by molar-refractivity contribution is 7.89. The van der Waals surface area contributed by atoms with Gasteiger partial charge in [-0.25, -0.2) is 12.7 Å². The molecule has 0 saturated carbocycles. The minimum absolute atomic E-state index is 0.00804. The normalized spacial score (nSPS) is 21.5. The third-order valence-corrected chi connectivity index (χ3v) is 6.12. The van der Waals surface area contributed by atoms with E-state index in [1.165, 1.54) is 19.7 Å². The van der Waals surface area contributed by atoms with Crippen LogP contribution in [0.25, 0.3) is 0 Å². The molecule has 1 amide bonds. The highest BCUT2D eigenvalue weighted by Gasteiger charge is 2.28. The van der Waals surface area contributed by atoms with Gasteiger partial charge in [0, 0.05) is 20.5 Å². The second-order valence-electron chi connectivity index (χ2n) is 6.11. The van der Waals surface area contributed by atoms with Crippen molar-refractivity contribution in [1.29, 1.82) is 0 Å². The Morgan fingerprint density at radius 3 is 2.68 bits per heavy atom. The van der Waals surface area contributed by atoms with Crippen LogP contribution in [0.1, 0.15) is 36.9 Å². The maximum Gasteiger partial charge on any atom is 0.221 e. The monoisotopic (exact) mass is 324 g/mol. The van der Waals surface area contributed by atoms with E-state index in [4.69, 9.17) is 0 Å². The number of amides is 1. The van der Waals surface area contributed by atoms with E-state index in [0.29, 0.717) is 5.92 Å². The predicted molar refractivity (Wildman–Crippen MR) is 86.9 cm³/mol. The maximum absolute atomic E-state index is 12.1. The lowest BCUT2D eigenvalue weighted by atomic mass is 9.80. The molecule has 1 N–H and O–H groups in total. The van der Waals surface area contributed by atoms with Gasteiger partial charge in [-0.1, -0.05) is 31.2 Å². The first-order valence-corrected chi connectivity index (χ1v) is 9.19. The summed E-state index contributed by atoms with van der Waals surface area (Å²) in [5, 5.41) is 3.01. The van der Waals surface area contributed by atoms with Gasteiger partial charge in [0.1, 0.15) is 0 Å². The summed E-state index contributed by atoms with van der Waals surface area (Å²) in [6.07, 6.45) is 2.04. The Balaban J connectivity index is 2.03. The molecule has 1 aliphatic carbocycles. The quantitative estimate of drug-likeness (QED) is 0.896. The van der Waals surface area contributed by atoms with Crippen LogP contribution in [0.3, 0.4) is 0 Å². The number of nitrogens with zero attached hydrogens (tertiary/aromatic N) is 1. The summed E-state index contributed by atoms with van der Waals surface area (Å²) in [7, 11) is -0.378. The lowest BCUT2D eigenvalue weighted by Crippen LogP contribution is -2.37. The van der Waals surface area contributed by atoms with Crippen LogP contribution < -0.4 is 5.32 Å².